The first kappa shape index (κ1) is 63.4. The van der Waals surface area contributed by atoms with Crippen molar-refractivity contribution in [2.24, 2.45) is 0 Å². The molecule has 0 amide bonds. The lowest BCUT2D eigenvalue weighted by atomic mass is 10.1. The van der Waals surface area contributed by atoms with Crippen LogP contribution in [-0.2, 0) is 28.6 Å². The summed E-state index contributed by atoms with van der Waals surface area (Å²) in [5.41, 5.74) is 0. The lowest BCUT2D eigenvalue weighted by molar-refractivity contribution is -0.167. The lowest BCUT2D eigenvalue weighted by Crippen LogP contribution is -2.30. The summed E-state index contributed by atoms with van der Waals surface area (Å²) in [6, 6.07) is 0. The Balaban J connectivity index is 4.33. The second-order valence-electron chi connectivity index (χ2n) is 19.2. The zero-order chi connectivity index (χ0) is 47.9. The van der Waals surface area contributed by atoms with Gasteiger partial charge in [0, 0.05) is 19.3 Å². The standard InChI is InChI=1S/C60H108O6/c1-4-7-10-13-16-19-22-24-26-28-30-32-33-35-38-41-44-47-50-53-59(62)65-56-57(55-64-58(61)52-49-46-43-40-37-21-18-15-12-9-6-3)66-60(63)54-51-48-45-42-39-36-34-31-29-27-25-23-20-17-14-11-8-5-2/h15,18,20,23-24,26-27,29,57H,4-14,16-17,19,21-22,25,28,30-56H2,1-3H3/b18-15-,23-20-,26-24-,29-27-. The van der Waals surface area contributed by atoms with Gasteiger partial charge in [-0.05, 0) is 96.3 Å². The maximum absolute atomic E-state index is 12.8. The number of ether oxygens (including phenoxy) is 3. The van der Waals surface area contributed by atoms with Crippen LogP contribution in [-0.4, -0.2) is 37.2 Å². The van der Waals surface area contributed by atoms with Crippen LogP contribution in [0.4, 0.5) is 0 Å². The van der Waals surface area contributed by atoms with Gasteiger partial charge in [0.2, 0.25) is 0 Å². The van der Waals surface area contributed by atoms with Crippen molar-refractivity contribution in [3.05, 3.63) is 48.6 Å². The van der Waals surface area contributed by atoms with E-state index in [1.807, 2.05) is 0 Å². The Bertz CT molecular complexity index is 1150. The molecule has 0 aromatic carbocycles. The zero-order valence-corrected chi connectivity index (χ0v) is 44.0. The Morgan fingerprint density at radius 3 is 0.909 bits per heavy atom. The fourth-order valence-corrected chi connectivity index (χ4v) is 8.15. The highest BCUT2D eigenvalue weighted by molar-refractivity contribution is 5.71. The zero-order valence-electron chi connectivity index (χ0n) is 44.0. The van der Waals surface area contributed by atoms with E-state index >= 15 is 0 Å². The van der Waals surface area contributed by atoms with Crippen molar-refractivity contribution in [2.45, 2.75) is 303 Å². The van der Waals surface area contributed by atoms with Crippen LogP contribution in [0.5, 0.6) is 0 Å². The minimum atomic E-state index is -0.780. The molecule has 0 bridgehead atoms. The second kappa shape index (κ2) is 55.0. The predicted molar refractivity (Wildman–Crippen MR) is 284 cm³/mol. The molecule has 66 heavy (non-hydrogen) atoms. The first-order valence-electron chi connectivity index (χ1n) is 28.6. The summed E-state index contributed by atoms with van der Waals surface area (Å²) in [6.07, 6.45) is 66.7. The smallest absolute Gasteiger partial charge is 0.306 e. The van der Waals surface area contributed by atoms with Crippen LogP contribution in [0, 0.1) is 0 Å². The van der Waals surface area contributed by atoms with Gasteiger partial charge in [-0.3, -0.25) is 14.4 Å². The summed E-state index contributed by atoms with van der Waals surface area (Å²) in [5, 5.41) is 0. The number of rotatable bonds is 52. The van der Waals surface area contributed by atoms with Gasteiger partial charge < -0.3 is 14.2 Å². The predicted octanol–water partition coefficient (Wildman–Crippen LogP) is 19.0. The highest BCUT2D eigenvalue weighted by Gasteiger charge is 2.19. The first-order chi connectivity index (χ1) is 32.5. The highest BCUT2D eigenvalue weighted by atomic mass is 16.6. The molecule has 1 atom stereocenters. The van der Waals surface area contributed by atoms with Gasteiger partial charge >= 0.3 is 17.9 Å². The van der Waals surface area contributed by atoms with Crippen LogP contribution < -0.4 is 0 Å². The van der Waals surface area contributed by atoms with E-state index in [-0.39, 0.29) is 31.1 Å². The minimum Gasteiger partial charge on any atom is -0.462 e. The molecular formula is C60H108O6. The molecule has 6 heteroatoms. The van der Waals surface area contributed by atoms with Gasteiger partial charge in [0.05, 0.1) is 0 Å². The molecule has 0 aromatic heterocycles. The molecule has 384 valence electrons. The number of hydrogen-bond acceptors (Lipinski definition) is 6. The molecule has 0 aromatic rings. The van der Waals surface area contributed by atoms with E-state index < -0.39 is 6.10 Å². The third kappa shape index (κ3) is 52.3. The Morgan fingerprint density at radius 1 is 0.303 bits per heavy atom. The van der Waals surface area contributed by atoms with Gasteiger partial charge in [-0.25, -0.2) is 0 Å². The monoisotopic (exact) mass is 925 g/mol. The van der Waals surface area contributed by atoms with Gasteiger partial charge in [0.25, 0.3) is 0 Å². The van der Waals surface area contributed by atoms with E-state index in [2.05, 4.69) is 69.4 Å². The van der Waals surface area contributed by atoms with Crippen molar-refractivity contribution in [1.29, 1.82) is 0 Å². The Hall–Kier alpha value is -2.63. The molecule has 0 saturated carbocycles. The summed E-state index contributed by atoms with van der Waals surface area (Å²) in [6.45, 7) is 6.59. The lowest BCUT2D eigenvalue weighted by Gasteiger charge is -2.18. The summed E-state index contributed by atoms with van der Waals surface area (Å²) < 4.78 is 16.8. The molecular weight excluding hydrogens is 817 g/mol. The largest absolute Gasteiger partial charge is 0.462 e. The van der Waals surface area contributed by atoms with Gasteiger partial charge in [-0.2, -0.15) is 0 Å². The molecule has 0 radical (unpaired) electrons. The Labute approximate surface area is 409 Å². The SMILES string of the molecule is CCCC/C=C\CCCCCCCC(=O)OCC(COC(=O)CCCCCCCCCCC/C=C\CCCCCCCC)OC(=O)CCCCCCCCC/C=C\C/C=C\CCCCCC. The van der Waals surface area contributed by atoms with Crippen molar-refractivity contribution in [2.75, 3.05) is 13.2 Å². The van der Waals surface area contributed by atoms with E-state index in [9.17, 15) is 14.4 Å². The number of unbranched alkanes of at least 4 members (excludes halogenated alkanes) is 33. The van der Waals surface area contributed by atoms with E-state index in [4.69, 9.17) is 14.2 Å². The number of hydrogen-bond donors (Lipinski definition) is 0. The Morgan fingerprint density at radius 2 is 0.561 bits per heavy atom. The van der Waals surface area contributed by atoms with Crippen molar-refractivity contribution in [1.82, 2.24) is 0 Å². The van der Waals surface area contributed by atoms with E-state index in [1.54, 1.807) is 0 Å². The molecule has 1 unspecified atom stereocenters. The van der Waals surface area contributed by atoms with Crippen molar-refractivity contribution >= 4 is 17.9 Å². The average Bonchev–Trinajstić information content (AvgIpc) is 3.31. The minimum absolute atomic E-state index is 0.0787. The molecule has 0 fully saturated rings. The van der Waals surface area contributed by atoms with Gasteiger partial charge in [-0.1, -0.05) is 230 Å². The number of allylic oxidation sites excluding steroid dienone is 8. The van der Waals surface area contributed by atoms with Crippen LogP contribution in [0.2, 0.25) is 0 Å². The molecule has 6 nitrogen and oxygen atoms in total. The average molecular weight is 926 g/mol. The maximum atomic E-state index is 12.8. The summed E-state index contributed by atoms with van der Waals surface area (Å²) in [7, 11) is 0. The number of esters is 3. The third-order valence-corrected chi connectivity index (χ3v) is 12.5. The molecule has 0 aliphatic carbocycles. The highest BCUT2D eigenvalue weighted by Crippen LogP contribution is 2.15. The molecule has 0 heterocycles. The summed E-state index contributed by atoms with van der Waals surface area (Å²) >= 11 is 0. The summed E-state index contributed by atoms with van der Waals surface area (Å²) in [5.74, 6) is -0.887. The van der Waals surface area contributed by atoms with E-state index in [1.165, 1.54) is 180 Å². The third-order valence-electron chi connectivity index (χ3n) is 12.5. The van der Waals surface area contributed by atoms with Crippen molar-refractivity contribution in [3.63, 3.8) is 0 Å². The van der Waals surface area contributed by atoms with Crippen LogP contribution >= 0.6 is 0 Å². The van der Waals surface area contributed by atoms with Crippen LogP contribution in [0.3, 0.4) is 0 Å². The molecule has 0 saturated heterocycles. The van der Waals surface area contributed by atoms with Crippen LogP contribution in [0.25, 0.3) is 0 Å². The van der Waals surface area contributed by atoms with Gasteiger partial charge in [0.1, 0.15) is 13.2 Å². The van der Waals surface area contributed by atoms with Crippen molar-refractivity contribution < 1.29 is 28.6 Å². The number of carbonyl (C=O) groups excluding carboxylic acids is 3. The van der Waals surface area contributed by atoms with E-state index in [0.29, 0.717) is 19.3 Å². The summed E-state index contributed by atoms with van der Waals surface area (Å²) in [4.78, 5) is 38.1. The fraction of sp³-hybridized carbons (Fsp3) is 0.817. The van der Waals surface area contributed by atoms with Crippen LogP contribution in [0.1, 0.15) is 297 Å². The van der Waals surface area contributed by atoms with Gasteiger partial charge in [-0.15, -0.1) is 0 Å². The first-order valence-corrected chi connectivity index (χ1v) is 28.6. The molecule has 0 spiro atoms. The molecule has 0 aliphatic rings. The van der Waals surface area contributed by atoms with Crippen molar-refractivity contribution in [3.8, 4) is 0 Å². The molecule has 0 aliphatic heterocycles. The topological polar surface area (TPSA) is 78.9 Å². The molecule has 0 rings (SSSR count). The molecule has 0 N–H and O–H groups in total. The second-order valence-corrected chi connectivity index (χ2v) is 19.2. The van der Waals surface area contributed by atoms with Gasteiger partial charge in [0.15, 0.2) is 6.10 Å². The number of carbonyl (C=O) groups is 3. The quantitative estimate of drug-likeness (QED) is 0.0262. The van der Waals surface area contributed by atoms with E-state index in [0.717, 1.165) is 77.0 Å². The van der Waals surface area contributed by atoms with Crippen LogP contribution in [0.15, 0.2) is 48.6 Å². The normalized spacial score (nSPS) is 12.3. The fourth-order valence-electron chi connectivity index (χ4n) is 8.15. The Kier molecular flexibility index (Phi) is 52.8. The maximum Gasteiger partial charge on any atom is 0.306 e.